The molecule has 0 saturated carbocycles. The van der Waals surface area contributed by atoms with E-state index in [4.69, 9.17) is 9.47 Å². The Morgan fingerprint density at radius 2 is 1.89 bits per heavy atom. The summed E-state index contributed by atoms with van der Waals surface area (Å²) in [6.07, 6.45) is 0.890. The highest BCUT2D eigenvalue weighted by Crippen LogP contribution is 2.21. The van der Waals surface area contributed by atoms with Crippen LogP contribution in [0.5, 0.6) is 5.75 Å². The molecule has 1 aliphatic heterocycles. The van der Waals surface area contributed by atoms with Crippen LogP contribution in [-0.2, 0) is 14.8 Å². The number of ether oxygens (including phenoxy) is 2. The molecule has 0 bridgehead atoms. The molecule has 8 heteroatoms. The largest absolute Gasteiger partial charge is 0.494 e. The molecule has 1 aliphatic rings. The van der Waals surface area contributed by atoms with Crippen molar-refractivity contribution in [2.24, 2.45) is 0 Å². The van der Waals surface area contributed by atoms with Crippen LogP contribution in [0.25, 0.3) is 0 Å². The second-order valence-electron chi connectivity index (χ2n) is 6.37. The fourth-order valence-corrected chi connectivity index (χ4v) is 4.27. The lowest BCUT2D eigenvalue weighted by atomic mass is 10.2. The number of nitrogens with one attached hydrogen (secondary N) is 1. The lowest BCUT2D eigenvalue weighted by Gasteiger charge is -2.26. The minimum Gasteiger partial charge on any atom is -0.494 e. The van der Waals surface area contributed by atoms with Gasteiger partial charge in [-0.3, -0.25) is 4.79 Å². The molecule has 2 aromatic rings. The Labute approximate surface area is 165 Å². The standard InChI is InChI=1S/C20H24N2O5S/c1-2-11-27-18-7-4-6-17(15-18)21-20(23)16-5-3-8-19(14-16)28(24,25)22-9-12-26-13-10-22/h3-8,14-15H,2,9-13H2,1H3,(H,21,23). The molecule has 1 amide bonds. The van der Waals surface area contributed by atoms with Gasteiger partial charge in [0.05, 0.1) is 24.7 Å². The summed E-state index contributed by atoms with van der Waals surface area (Å²) < 4.78 is 37.7. The number of anilines is 1. The van der Waals surface area contributed by atoms with Gasteiger partial charge >= 0.3 is 0 Å². The average Bonchev–Trinajstić information content (AvgIpc) is 2.73. The third-order valence-corrected chi connectivity index (χ3v) is 6.16. The van der Waals surface area contributed by atoms with E-state index < -0.39 is 10.0 Å². The number of benzene rings is 2. The molecule has 0 atom stereocenters. The van der Waals surface area contributed by atoms with Crippen molar-refractivity contribution in [3.8, 4) is 5.75 Å². The maximum Gasteiger partial charge on any atom is 0.255 e. The molecule has 28 heavy (non-hydrogen) atoms. The molecule has 2 aromatic carbocycles. The first kappa shape index (κ1) is 20.3. The van der Waals surface area contributed by atoms with Crippen LogP contribution in [0.15, 0.2) is 53.4 Å². The van der Waals surface area contributed by atoms with Gasteiger partial charge < -0.3 is 14.8 Å². The van der Waals surface area contributed by atoms with Crippen LogP contribution in [0.4, 0.5) is 5.69 Å². The average molecular weight is 404 g/mol. The molecule has 1 fully saturated rings. The third-order valence-electron chi connectivity index (χ3n) is 4.27. The van der Waals surface area contributed by atoms with Crippen molar-refractivity contribution in [2.45, 2.75) is 18.2 Å². The van der Waals surface area contributed by atoms with E-state index in [1.54, 1.807) is 30.3 Å². The number of rotatable bonds is 7. The number of carbonyl (C=O) groups excluding carboxylic acids is 1. The van der Waals surface area contributed by atoms with Crippen molar-refractivity contribution < 1.29 is 22.7 Å². The van der Waals surface area contributed by atoms with Gasteiger partial charge in [-0.05, 0) is 36.8 Å². The van der Waals surface area contributed by atoms with E-state index in [0.29, 0.717) is 44.3 Å². The molecule has 0 aliphatic carbocycles. The van der Waals surface area contributed by atoms with Crippen molar-refractivity contribution in [3.05, 3.63) is 54.1 Å². The molecule has 150 valence electrons. The summed E-state index contributed by atoms with van der Waals surface area (Å²) >= 11 is 0. The van der Waals surface area contributed by atoms with E-state index in [1.165, 1.54) is 16.4 Å². The number of sulfonamides is 1. The van der Waals surface area contributed by atoms with Gasteiger partial charge in [-0.15, -0.1) is 0 Å². The number of hydrogen-bond acceptors (Lipinski definition) is 5. The fourth-order valence-electron chi connectivity index (χ4n) is 2.82. The van der Waals surface area contributed by atoms with Crippen LogP contribution in [-0.4, -0.2) is 51.5 Å². The monoisotopic (exact) mass is 404 g/mol. The topological polar surface area (TPSA) is 84.9 Å². The van der Waals surface area contributed by atoms with Crippen molar-refractivity contribution in [3.63, 3.8) is 0 Å². The number of hydrogen-bond donors (Lipinski definition) is 1. The highest BCUT2D eigenvalue weighted by Gasteiger charge is 2.26. The molecule has 1 N–H and O–H groups in total. The van der Waals surface area contributed by atoms with Gasteiger partial charge in [0, 0.05) is 30.4 Å². The van der Waals surface area contributed by atoms with Gasteiger partial charge in [0.1, 0.15) is 5.75 Å². The third kappa shape index (κ3) is 4.89. The minimum atomic E-state index is -3.65. The zero-order chi connectivity index (χ0) is 20.0. The van der Waals surface area contributed by atoms with Gasteiger partial charge in [0.25, 0.3) is 5.91 Å². The van der Waals surface area contributed by atoms with Gasteiger partial charge in [-0.2, -0.15) is 4.31 Å². The molecule has 1 saturated heterocycles. The Balaban J connectivity index is 1.75. The van der Waals surface area contributed by atoms with Gasteiger partial charge in [-0.25, -0.2) is 8.42 Å². The Kier molecular flexibility index (Phi) is 6.66. The molecule has 7 nitrogen and oxygen atoms in total. The van der Waals surface area contributed by atoms with E-state index in [1.807, 2.05) is 13.0 Å². The lowest BCUT2D eigenvalue weighted by molar-refractivity contribution is 0.0730. The summed E-state index contributed by atoms with van der Waals surface area (Å²) in [6, 6.07) is 13.2. The quantitative estimate of drug-likeness (QED) is 0.767. The number of morpholine rings is 1. The van der Waals surface area contributed by atoms with Crippen molar-refractivity contribution >= 4 is 21.6 Å². The van der Waals surface area contributed by atoms with Crippen molar-refractivity contribution in [1.29, 1.82) is 0 Å². The van der Waals surface area contributed by atoms with Crippen molar-refractivity contribution in [2.75, 3.05) is 38.2 Å². The van der Waals surface area contributed by atoms with Gasteiger partial charge in [0.15, 0.2) is 0 Å². The van der Waals surface area contributed by atoms with Crippen molar-refractivity contribution in [1.82, 2.24) is 4.31 Å². The zero-order valence-corrected chi connectivity index (χ0v) is 16.6. The normalized spacial score (nSPS) is 15.2. The zero-order valence-electron chi connectivity index (χ0n) is 15.8. The van der Waals surface area contributed by atoms with E-state index in [2.05, 4.69) is 5.32 Å². The molecule has 3 rings (SSSR count). The maximum absolute atomic E-state index is 12.8. The second-order valence-corrected chi connectivity index (χ2v) is 8.31. The predicted molar refractivity (Wildman–Crippen MR) is 106 cm³/mol. The highest BCUT2D eigenvalue weighted by atomic mass is 32.2. The molecule has 0 spiro atoms. The van der Waals surface area contributed by atoms with Crippen LogP contribution in [0.2, 0.25) is 0 Å². The van der Waals surface area contributed by atoms with Crippen LogP contribution >= 0.6 is 0 Å². The second kappa shape index (κ2) is 9.18. The number of amides is 1. The van der Waals surface area contributed by atoms with Crippen LogP contribution < -0.4 is 10.1 Å². The fraction of sp³-hybridized carbons (Fsp3) is 0.350. The Morgan fingerprint density at radius 1 is 1.14 bits per heavy atom. The van der Waals surface area contributed by atoms with E-state index in [0.717, 1.165) is 6.42 Å². The number of carbonyl (C=O) groups is 1. The number of nitrogens with zero attached hydrogens (tertiary/aromatic N) is 1. The van der Waals surface area contributed by atoms with E-state index in [9.17, 15) is 13.2 Å². The summed E-state index contributed by atoms with van der Waals surface area (Å²) in [5.74, 6) is 0.287. The first-order valence-corrected chi connectivity index (χ1v) is 10.7. The predicted octanol–water partition coefficient (Wildman–Crippen LogP) is 2.75. The summed E-state index contributed by atoms with van der Waals surface area (Å²) in [5.41, 5.74) is 0.856. The maximum atomic E-state index is 12.8. The Bertz CT molecular complexity index is 924. The van der Waals surface area contributed by atoms with Crippen LogP contribution in [0.1, 0.15) is 23.7 Å². The molecule has 0 unspecified atom stereocenters. The van der Waals surface area contributed by atoms with Crippen LogP contribution in [0, 0.1) is 0 Å². The smallest absolute Gasteiger partial charge is 0.255 e. The SMILES string of the molecule is CCCOc1cccc(NC(=O)c2cccc(S(=O)(=O)N3CCOCC3)c2)c1. The first-order valence-electron chi connectivity index (χ1n) is 9.23. The molecular weight excluding hydrogens is 380 g/mol. The minimum absolute atomic E-state index is 0.0991. The Morgan fingerprint density at radius 3 is 2.64 bits per heavy atom. The molecule has 1 heterocycles. The van der Waals surface area contributed by atoms with Gasteiger partial charge in [-0.1, -0.05) is 19.1 Å². The Hall–Kier alpha value is -2.42. The highest BCUT2D eigenvalue weighted by molar-refractivity contribution is 7.89. The molecule has 0 radical (unpaired) electrons. The van der Waals surface area contributed by atoms with E-state index in [-0.39, 0.29) is 16.4 Å². The molecular formula is C20H24N2O5S. The summed E-state index contributed by atoms with van der Waals surface area (Å²) in [6.45, 7) is 3.97. The molecule has 0 aromatic heterocycles. The summed E-state index contributed by atoms with van der Waals surface area (Å²) in [7, 11) is -3.65. The first-order chi connectivity index (χ1) is 13.5. The van der Waals surface area contributed by atoms with Gasteiger partial charge in [0.2, 0.25) is 10.0 Å². The lowest BCUT2D eigenvalue weighted by Crippen LogP contribution is -2.40. The summed E-state index contributed by atoms with van der Waals surface area (Å²) in [4.78, 5) is 12.7. The van der Waals surface area contributed by atoms with E-state index >= 15 is 0 Å². The van der Waals surface area contributed by atoms with Crippen LogP contribution in [0.3, 0.4) is 0 Å². The summed E-state index contributed by atoms with van der Waals surface area (Å²) in [5, 5.41) is 2.79.